The molecule has 1 aromatic carbocycles. The molecule has 0 bridgehead atoms. The maximum Gasteiger partial charge on any atom is 0.250 e. The van der Waals surface area contributed by atoms with Crippen LogP contribution in [0.2, 0.25) is 0 Å². The van der Waals surface area contributed by atoms with Gasteiger partial charge in [-0.1, -0.05) is 39.0 Å². The highest BCUT2D eigenvalue weighted by atomic mass is 16.2. The Morgan fingerprint density at radius 1 is 1.04 bits per heavy atom. The third kappa shape index (κ3) is 5.88. The number of hydrogen-bond acceptors (Lipinski definition) is 3. The number of rotatable bonds is 6. The van der Waals surface area contributed by atoms with E-state index < -0.39 is 5.41 Å². The molecule has 0 saturated carbocycles. The number of nitrogens with one attached hydrogen (secondary N) is 2. The number of aromatic nitrogens is 1. The van der Waals surface area contributed by atoms with E-state index in [1.54, 1.807) is 29.0 Å². The second-order valence-electron chi connectivity index (χ2n) is 7.17. The van der Waals surface area contributed by atoms with Crippen molar-refractivity contribution in [2.75, 3.05) is 11.9 Å². The van der Waals surface area contributed by atoms with E-state index in [1.165, 1.54) is 6.07 Å². The van der Waals surface area contributed by atoms with Crippen LogP contribution in [0.25, 0.3) is 0 Å². The first-order chi connectivity index (χ1) is 12.3. The molecule has 0 spiro atoms. The van der Waals surface area contributed by atoms with Crippen LogP contribution in [-0.4, -0.2) is 22.9 Å². The Morgan fingerprint density at radius 3 is 2.35 bits per heavy atom. The lowest BCUT2D eigenvalue weighted by Crippen LogP contribution is -2.36. The largest absolute Gasteiger partial charge is 0.355 e. The molecule has 0 unspecified atom stereocenters. The lowest BCUT2D eigenvalue weighted by molar-refractivity contribution is -0.128. The van der Waals surface area contributed by atoms with Crippen molar-refractivity contribution >= 4 is 17.5 Å². The van der Waals surface area contributed by atoms with Crippen LogP contribution in [0, 0.1) is 5.41 Å². The molecule has 1 aromatic heterocycles. The smallest absolute Gasteiger partial charge is 0.250 e. The van der Waals surface area contributed by atoms with Crippen molar-refractivity contribution < 1.29 is 9.59 Å². The number of carbonyl (C=O) groups excluding carboxylic acids is 2. The third-order valence-electron chi connectivity index (χ3n) is 3.81. The minimum absolute atomic E-state index is 0.0535. The fourth-order valence-corrected chi connectivity index (χ4v) is 2.26. The summed E-state index contributed by atoms with van der Waals surface area (Å²) in [6.45, 7) is 6.26. The molecule has 2 rings (SSSR count). The molecule has 138 valence electrons. The number of carbonyl (C=O) groups is 2. The summed E-state index contributed by atoms with van der Waals surface area (Å²) in [6, 6.07) is 12.4. The third-order valence-corrected chi connectivity index (χ3v) is 3.81. The summed E-state index contributed by atoms with van der Waals surface area (Å²) in [6.07, 6.45) is 1.95. The van der Waals surface area contributed by atoms with Gasteiger partial charge >= 0.3 is 0 Å². The molecule has 6 nitrogen and oxygen atoms in total. The maximum atomic E-state index is 12.0. The highest BCUT2D eigenvalue weighted by Gasteiger charge is 2.20. The minimum atomic E-state index is -0.465. The van der Waals surface area contributed by atoms with E-state index in [9.17, 15) is 14.4 Å². The first kappa shape index (κ1) is 19.4. The fourth-order valence-electron chi connectivity index (χ4n) is 2.26. The summed E-state index contributed by atoms with van der Waals surface area (Å²) in [5, 5.41) is 5.55. The van der Waals surface area contributed by atoms with E-state index >= 15 is 0 Å². The first-order valence-corrected chi connectivity index (χ1v) is 8.58. The number of hydrogen-bond donors (Lipinski definition) is 2. The first-order valence-electron chi connectivity index (χ1n) is 8.58. The second kappa shape index (κ2) is 8.47. The topological polar surface area (TPSA) is 80.2 Å². The zero-order valence-corrected chi connectivity index (χ0v) is 15.4. The molecule has 0 saturated heterocycles. The zero-order valence-electron chi connectivity index (χ0n) is 15.4. The van der Waals surface area contributed by atoms with Gasteiger partial charge in [0.05, 0.1) is 6.54 Å². The standard InChI is InChI=1S/C20H25N3O3/c1-20(2,3)19(26)21-12-11-17(24)22-16-9-7-15(8-10-16)14-23-13-5-4-6-18(23)25/h4-10,13H,11-12,14H2,1-3H3,(H,21,26)(H,22,24). The summed E-state index contributed by atoms with van der Waals surface area (Å²) >= 11 is 0. The van der Waals surface area contributed by atoms with Crippen LogP contribution >= 0.6 is 0 Å². The van der Waals surface area contributed by atoms with Crippen molar-refractivity contribution in [3.05, 3.63) is 64.6 Å². The van der Waals surface area contributed by atoms with Gasteiger partial charge in [-0.15, -0.1) is 0 Å². The number of anilines is 1. The molecule has 26 heavy (non-hydrogen) atoms. The normalized spacial score (nSPS) is 11.0. The van der Waals surface area contributed by atoms with Gasteiger partial charge < -0.3 is 15.2 Å². The summed E-state index contributed by atoms with van der Waals surface area (Å²) in [5.74, 6) is -0.239. The summed E-state index contributed by atoms with van der Waals surface area (Å²) < 4.78 is 1.62. The number of amides is 2. The summed E-state index contributed by atoms with van der Waals surface area (Å²) in [5.41, 5.74) is 1.13. The van der Waals surface area contributed by atoms with Gasteiger partial charge in [0.15, 0.2) is 0 Å². The zero-order chi connectivity index (χ0) is 19.2. The minimum Gasteiger partial charge on any atom is -0.355 e. The number of nitrogens with zero attached hydrogens (tertiary/aromatic N) is 1. The molecular formula is C20H25N3O3. The van der Waals surface area contributed by atoms with Crippen LogP contribution in [-0.2, 0) is 16.1 Å². The molecule has 0 aliphatic heterocycles. The molecule has 6 heteroatoms. The van der Waals surface area contributed by atoms with Crippen LogP contribution in [0.3, 0.4) is 0 Å². The van der Waals surface area contributed by atoms with Gasteiger partial charge in [0.2, 0.25) is 11.8 Å². The Hall–Kier alpha value is -2.89. The number of benzene rings is 1. The van der Waals surface area contributed by atoms with E-state index in [0.717, 1.165) is 5.56 Å². The van der Waals surface area contributed by atoms with E-state index in [0.29, 0.717) is 18.8 Å². The molecule has 2 N–H and O–H groups in total. The summed E-state index contributed by atoms with van der Waals surface area (Å²) in [4.78, 5) is 35.4. The fraction of sp³-hybridized carbons (Fsp3) is 0.350. The molecule has 2 amide bonds. The van der Waals surface area contributed by atoms with Crippen LogP contribution in [0.1, 0.15) is 32.8 Å². The molecule has 0 aliphatic rings. The summed E-state index contributed by atoms with van der Waals surface area (Å²) in [7, 11) is 0. The Kier molecular flexibility index (Phi) is 6.33. The maximum absolute atomic E-state index is 12.0. The van der Waals surface area contributed by atoms with E-state index in [1.807, 2.05) is 39.0 Å². The van der Waals surface area contributed by atoms with Gasteiger partial charge in [-0.25, -0.2) is 0 Å². The van der Waals surface area contributed by atoms with Gasteiger partial charge in [-0.05, 0) is 23.8 Å². The van der Waals surface area contributed by atoms with Crippen LogP contribution < -0.4 is 16.2 Å². The quantitative estimate of drug-likeness (QED) is 0.835. The average molecular weight is 355 g/mol. The van der Waals surface area contributed by atoms with Crippen LogP contribution in [0.4, 0.5) is 5.69 Å². The highest BCUT2D eigenvalue weighted by Crippen LogP contribution is 2.13. The van der Waals surface area contributed by atoms with Crippen molar-refractivity contribution in [3.8, 4) is 0 Å². The predicted octanol–water partition coefficient (Wildman–Crippen LogP) is 2.39. The van der Waals surface area contributed by atoms with Gasteiger partial charge in [-0.2, -0.15) is 0 Å². The molecule has 0 fully saturated rings. The van der Waals surface area contributed by atoms with E-state index in [2.05, 4.69) is 10.6 Å². The van der Waals surface area contributed by atoms with Crippen molar-refractivity contribution in [1.82, 2.24) is 9.88 Å². The van der Waals surface area contributed by atoms with Crippen molar-refractivity contribution in [2.24, 2.45) is 5.41 Å². The lowest BCUT2D eigenvalue weighted by atomic mass is 9.96. The van der Waals surface area contributed by atoms with E-state index in [4.69, 9.17) is 0 Å². The highest BCUT2D eigenvalue weighted by molar-refractivity contribution is 5.91. The lowest BCUT2D eigenvalue weighted by Gasteiger charge is -2.17. The Bertz CT molecular complexity index is 817. The van der Waals surface area contributed by atoms with Gasteiger partial charge in [0.1, 0.15) is 0 Å². The van der Waals surface area contributed by atoms with Gasteiger partial charge in [0, 0.05) is 36.3 Å². The molecule has 0 aliphatic carbocycles. The van der Waals surface area contributed by atoms with Crippen LogP contribution in [0.5, 0.6) is 0 Å². The van der Waals surface area contributed by atoms with Gasteiger partial charge in [0.25, 0.3) is 5.56 Å². The molecule has 0 atom stereocenters. The monoisotopic (exact) mass is 355 g/mol. The van der Waals surface area contributed by atoms with Crippen LogP contribution in [0.15, 0.2) is 53.5 Å². The molecule has 0 radical (unpaired) electrons. The Morgan fingerprint density at radius 2 is 1.73 bits per heavy atom. The second-order valence-corrected chi connectivity index (χ2v) is 7.17. The van der Waals surface area contributed by atoms with Crippen molar-refractivity contribution in [1.29, 1.82) is 0 Å². The number of pyridine rings is 1. The molecular weight excluding hydrogens is 330 g/mol. The van der Waals surface area contributed by atoms with Crippen molar-refractivity contribution in [3.63, 3.8) is 0 Å². The molecule has 1 heterocycles. The predicted molar refractivity (Wildman–Crippen MR) is 102 cm³/mol. The van der Waals surface area contributed by atoms with E-state index in [-0.39, 0.29) is 23.8 Å². The average Bonchev–Trinajstić information content (AvgIpc) is 2.57. The molecule has 2 aromatic rings. The van der Waals surface area contributed by atoms with Gasteiger partial charge in [-0.3, -0.25) is 14.4 Å². The van der Waals surface area contributed by atoms with Crippen molar-refractivity contribution in [2.45, 2.75) is 33.7 Å². The Labute approximate surface area is 153 Å². The Balaban J connectivity index is 1.83. The SMILES string of the molecule is CC(C)(C)C(=O)NCCC(=O)Nc1ccc(Cn2ccccc2=O)cc1.